The molecule has 3 N–H and O–H groups in total. The molecule has 18 heavy (non-hydrogen) atoms. The number of aryl methyl sites for hydroxylation is 2. The van der Waals surface area contributed by atoms with Crippen molar-refractivity contribution in [1.82, 2.24) is 5.32 Å². The summed E-state index contributed by atoms with van der Waals surface area (Å²) in [5.74, 6) is -0.191. The number of benzene rings is 1. The Morgan fingerprint density at radius 3 is 2.39 bits per heavy atom. The van der Waals surface area contributed by atoms with Crippen LogP contribution in [0.3, 0.4) is 0 Å². The van der Waals surface area contributed by atoms with E-state index in [1.807, 2.05) is 20.8 Å². The molecular formula is C14H22N2O2. The van der Waals surface area contributed by atoms with E-state index in [0.717, 1.165) is 5.56 Å². The lowest BCUT2D eigenvalue weighted by atomic mass is 10.0. The van der Waals surface area contributed by atoms with E-state index in [1.165, 1.54) is 18.2 Å². The predicted molar refractivity (Wildman–Crippen MR) is 72.3 cm³/mol. The molecule has 0 aliphatic carbocycles. The Morgan fingerprint density at radius 2 is 1.89 bits per heavy atom. The Hall–Kier alpha value is -1.39. The Morgan fingerprint density at radius 1 is 1.33 bits per heavy atom. The molecule has 1 aromatic carbocycles. The number of hydrogen-bond donors (Lipinski definition) is 2. The van der Waals surface area contributed by atoms with Gasteiger partial charge in [-0.05, 0) is 26.3 Å². The highest BCUT2D eigenvalue weighted by atomic mass is 16.5. The number of nitrogens with two attached hydrogens (primary N) is 1. The van der Waals surface area contributed by atoms with Gasteiger partial charge in [-0.3, -0.25) is 4.79 Å². The molecule has 4 nitrogen and oxygen atoms in total. The van der Waals surface area contributed by atoms with E-state index in [9.17, 15) is 4.79 Å². The lowest BCUT2D eigenvalue weighted by Crippen LogP contribution is -2.44. The summed E-state index contributed by atoms with van der Waals surface area (Å²) in [7, 11) is 1.53. The quantitative estimate of drug-likeness (QED) is 0.831. The van der Waals surface area contributed by atoms with Crippen molar-refractivity contribution in [1.29, 1.82) is 0 Å². The number of carbonyl (C=O) groups is 1. The third-order valence-corrected chi connectivity index (χ3v) is 2.79. The molecule has 0 bridgehead atoms. The molecule has 1 rings (SSSR count). The molecule has 0 heterocycles. The third kappa shape index (κ3) is 4.13. The Labute approximate surface area is 109 Å². The van der Waals surface area contributed by atoms with Crippen LogP contribution in [-0.2, 0) is 9.53 Å². The van der Waals surface area contributed by atoms with Crippen LogP contribution in [0.15, 0.2) is 18.2 Å². The number of ether oxygens (including phenoxy) is 1. The fraction of sp³-hybridized carbons (Fsp3) is 0.500. The summed E-state index contributed by atoms with van der Waals surface area (Å²) in [5, 5.41) is 2.89. The highest BCUT2D eigenvalue weighted by Crippen LogP contribution is 2.16. The first-order valence-electron chi connectivity index (χ1n) is 6.07. The lowest BCUT2D eigenvalue weighted by molar-refractivity contribution is -0.124. The van der Waals surface area contributed by atoms with Gasteiger partial charge in [0.2, 0.25) is 5.91 Å². The topological polar surface area (TPSA) is 64.3 Å². The number of nitrogens with one attached hydrogen (secondary N) is 1. The Bertz CT molecular complexity index is 398. The van der Waals surface area contributed by atoms with Crippen LogP contribution in [0, 0.1) is 13.8 Å². The van der Waals surface area contributed by atoms with Gasteiger partial charge in [-0.15, -0.1) is 0 Å². The zero-order valence-electron chi connectivity index (χ0n) is 11.5. The molecule has 4 heteroatoms. The molecule has 0 radical (unpaired) electrons. The van der Waals surface area contributed by atoms with Crippen molar-refractivity contribution in [2.45, 2.75) is 32.9 Å². The first kappa shape index (κ1) is 14.7. The number of carbonyl (C=O) groups excluding carboxylic acids is 1. The molecule has 0 aromatic heterocycles. The summed E-state index contributed by atoms with van der Waals surface area (Å²) in [4.78, 5) is 11.8. The second kappa shape index (κ2) is 6.52. The van der Waals surface area contributed by atoms with Crippen LogP contribution in [-0.4, -0.2) is 25.7 Å². The normalized spacial score (nSPS) is 14.1. The van der Waals surface area contributed by atoms with E-state index < -0.39 is 6.04 Å². The smallest absolute Gasteiger partial charge is 0.239 e. The van der Waals surface area contributed by atoms with Gasteiger partial charge in [-0.2, -0.15) is 0 Å². The van der Waals surface area contributed by atoms with Crippen molar-refractivity contribution >= 4 is 5.91 Å². The third-order valence-electron chi connectivity index (χ3n) is 2.79. The van der Waals surface area contributed by atoms with Gasteiger partial charge in [-0.25, -0.2) is 0 Å². The molecule has 0 saturated carbocycles. The highest BCUT2D eigenvalue weighted by Gasteiger charge is 2.16. The summed E-state index contributed by atoms with van der Waals surface area (Å²) in [6, 6.07) is 5.57. The first-order valence-corrected chi connectivity index (χ1v) is 6.07. The molecule has 2 unspecified atom stereocenters. The van der Waals surface area contributed by atoms with E-state index in [4.69, 9.17) is 10.5 Å². The molecule has 1 amide bonds. The molecule has 0 aliphatic heterocycles. The minimum atomic E-state index is -0.622. The van der Waals surface area contributed by atoms with E-state index in [-0.39, 0.29) is 18.6 Å². The zero-order chi connectivity index (χ0) is 13.7. The maximum atomic E-state index is 11.8. The number of rotatable bonds is 5. The largest absolute Gasteiger partial charge is 0.383 e. The fourth-order valence-corrected chi connectivity index (χ4v) is 1.92. The van der Waals surface area contributed by atoms with Crippen molar-refractivity contribution < 1.29 is 9.53 Å². The molecule has 0 fully saturated rings. The molecule has 1 aromatic rings. The van der Waals surface area contributed by atoms with Crippen molar-refractivity contribution in [3.63, 3.8) is 0 Å². The second-order valence-electron chi connectivity index (χ2n) is 4.71. The molecular weight excluding hydrogens is 228 g/mol. The van der Waals surface area contributed by atoms with Crippen LogP contribution in [0.2, 0.25) is 0 Å². The maximum Gasteiger partial charge on any atom is 0.239 e. The Kier molecular flexibility index (Phi) is 5.31. The average Bonchev–Trinajstić information content (AvgIpc) is 2.27. The van der Waals surface area contributed by atoms with E-state index in [1.54, 1.807) is 0 Å². The van der Waals surface area contributed by atoms with Crippen molar-refractivity contribution in [2.24, 2.45) is 5.73 Å². The van der Waals surface area contributed by atoms with Gasteiger partial charge in [0, 0.05) is 7.11 Å². The summed E-state index contributed by atoms with van der Waals surface area (Å²) in [6.07, 6.45) is 0. The average molecular weight is 250 g/mol. The first-order chi connectivity index (χ1) is 8.43. The van der Waals surface area contributed by atoms with Crippen molar-refractivity contribution in [3.05, 3.63) is 34.9 Å². The SMILES string of the molecule is COCC(N)C(=O)NC(C)c1cc(C)cc(C)c1. The van der Waals surface area contributed by atoms with Crippen LogP contribution < -0.4 is 11.1 Å². The molecule has 2 atom stereocenters. The standard InChI is InChI=1S/C14H22N2O2/c1-9-5-10(2)7-12(6-9)11(3)16-14(17)13(15)8-18-4/h5-7,11,13H,8,15H2,1-4H3,(H,16,17). The molecule has 0 aliphatic rings. The zero-order valence-corrected chi connectivity index (χ0v) is 11.5. The van der Waals surface area contributed by atoms with Crippen molar-refractivity contribution in [2.75, 3.05) is 13.7 Å². The monoisotopic (exact) mass is 250 g/mol. The van der Waals surface area contributed by atoms with Crippen LogP contribution in [0.5, 0.6) is 0 Å². The number of amides is 1. The van der Waals surface area contributed by atoms with Gasteiger partial charge in [0.15, 0.2) is 0 Å². The van der Waals surface area contributed by atoms with Crippen LogP contribution in [0.4, 0.5) is 0 Å². The van der Waals surface area contributed by atoms with Gasteiger partial charge in [0.1, 0.15) is 6.04 Å². The van der Waals surface area contributed by atoms with Gasteiger partial charge in [-0.1, -0.05) is 29.3 Å². The van der Waals surface area contributed by atoms with Crippen LogP contribution in [0.25, 0.3) is 0 Å². The lowest BCUT2D eigenvalue weighted by Gasteiger charge is -2.18. The van der Waals surface area contributed by atoms with Crippen molar-refractivity contribution in [3.8, 4) is 0 Å². The van der Waals surface area contributed by atoms with Gasteiger partial charge in [0.05, 0.1) is 12.6 Å². The maximum absolute atomic E-state index is 11.8. The minimum Gasteiger partial charge on any atom is -0.383 e. The number of hydrogen-bond acceptors (Lipinski definition) is 3. The highest BCUT2D eigenvalue weighted by molar-refractivity contribution is 5.82. The van der Waals surface area contributed by atoms with Crippen LogP contribution >= 0.6 is 0 Å². The number of methoxy groups -OCH3 is 1. The molecule has 0 spiro atoms. The molecule has 100 valence electrons. The summed E-state index contributed by atoms with van der Waals surface area (Å²) < 4.78 is 4.86. The second-order valence-corrected chi connectivity index (χ2v) is 4.71. The van der Waals surface area contributed by atoms with Gasteiger partial charge >= 0.3 is 0 Å². The van der Waals surface area contributed by atoms with E-state index in [0.29, 0.717) is 0 Å². The fourth-order valence-electron chi connectivity index (χ4n) is 1.92. The minimum absolute atomic E-state index is 0.0565. The summed E-state index contributed by atoms with van der Waals surface area (Å²) in [5.41, 5.74) is 9.14. The molecule has 0 saturated heterocycles. The summed E-state index contributed by atoms with van der Waals surface area (Å²) in [6.45, 7) is 6.26. The summed E-state index contributed by atoms with van der Waals surface area (Å²) >= 11 is 0. The van der Waals surface area contributed by atoms with E-state index in [2.05, 4.69) is 23.5 Å². The van der Waals surface area contributed by atoms with Crippen LogP contribution in [0.1, 0.15) is 29.7 Å². The van der Waals surface area contributed by atoms with E-state index >= 15 is 0 Å². The van der Waals surface area contributed by atoms with Gasteiger partial charge in [0.25, 0.3) is 0 Å². The predicted octanol–water partition coefficient (Wildman–Crippen LogP) is 1.45. The Balaban J connectivity index is 2.70. The van der Waals surface area contributed by atoms with Gasteiger partial charge < -0.3 is 15.8 Å².